The number of alkyl halides is 3. The van der Waals surface area contributed by atoms with Crippen LogP contribution in [0, 0.1) is 10.1 Å². The van der Waals surface area contributed by atoms with Crippen LogP contribution in [0.3, 0.4) is 0 Å². The van der Waals surface area contributed by atoms with Gasteiger partial charge in [-0.2, -0.15) is 13.2 Å². The first-order chi connectivity index (χ1) is 7.27. The van der Waals surface area contributed by atoms with E-state index < -0.39 is 22.4 Å². The zero-order valence-corrected chi connectivity index (χ0v) is 9.00. The lowest BCUT2D eigenvalue weighted by Gasteiger charge is -2.08. The molecule has 0 heterocycles. The lowest BCUT2D eigenvalue weighted by molar-refractivity contribution is -0.388. The Bertz CT molecular complexity index is 459. The van der Waals surface area contributed by atoms with Crippen molar-refractivity contribution in [2.45, 2.75) is 6.18 Å². The third-order valence-corrected chi connectivity index (χ3v) is 2.43. The average Bonchev–Trinajstić information content (AvgIpc) is 2.15. The molecule has 1 aromatic rings. The standard InChI is InChI=1S/C8H3BrF3NO3/c9-6-2-7(13(15)16)5(8(10,11)12)1-4(6)3-14/h1-3H. The van der Waals surface area contributed by atoms with Gasteiger partial charge in [-0.05, 0) is 22.0 Å². The highest BCUT2D eigenvalue weighted by molar-refractivity contribution is 9.10. The lowest BCUT2D eigenvalue weighted by atomic mass is 10.1. The van der Waals surface area contributed by atoms with Gasteiger partial charge in [-0.3, -0.25) is 14.9 Å². The fourth-order valence-electron chi connectivity index (χ4n) is 1.05. The van der Waals surface area contributed by atoms with Crippen molar-refractivity contribution in [2.24, 2.45) is 0 Å². The van der Waals surface area contributed by atoms with Crippen LogP contribution in [0.15, 0.2) is 16.6 Å². The number of halogens is 4. The first kappa shape index (κ1) is 12.6. The molecule has 0 bridgehead atoms. The van der Waals surface area contributed by atoms with Crippen LogP contribution >= 0.6 is 15.9 Å². The predicted octanol–water partition coefficient (Wildman–Crippen LogP) is 3.19. The van der Waals surface area contributed by atoms with E-state index in [0.29, 0.717) is 12.1 Å². The van der Waals surface area contributed by atoms with E-state index in [1.54, 1.807) is 0 Å². The van der Waals surface area contributed by atoms with Crippen LogP contribution in [0.1, 0.15) is 15.9 Å². The van der Waals surface area contributed by atoms with Gasteiger partial charge < -0.3 is 0 Å². The summed E-state index contributed by atoms with van der Waals surface area (Å²) >= 11 is 2.77. The number of carbonyl (C=O) groups is 1. The van der Waals surface area contributed by atoms with Crippen LogP contribution in [-0.2, 0) is 6.18 Å². The summed E-state index contributed by atoms with van der Waals surface area (Å²) in [7, 11) is 0. The number of hydrogen-bond donors (Lipinski definition) is 0. The molecule has 0 fully saturated rings. The highest BCUT2D eigenvalue weighted by Crippen LogP contribution is 2.38. The summed E-state index contributed by atoms with van der Waals surface area (Å²) < 4.78 is 37.2. The lowest BCUT2D eigenvalue weighted by Crippen LogP contribution is -2.10. The van der Waals surface area contributed by atoms with Crippen molar-refractivity contribution in [3.63, 3.8) is 0 Å². The fraction of sp³-hybridized carbons (Fsp3) is 0.125. The summed E-state index contributed by atoms with van der Waals surface area (Å²) in [4.78, 5) is 19.7. The topological polar surface area (TPSA) is 60.2 Å². The molecule has 4 nitrogen and oxygen atoms in total. The minimum Gasteiger partial charge on any atom is -0.298 e. The van der Waals surface area contributed by atoms with Crippen molar-refractivity contribution in [3.05, 3.63) is 37.8 Å². The Balaban J connectivity index is 3.55. The maximum absolute atomic E-state index is 12.4. The molecule has 0 aromatic heterocycles. The summed E-state index contributed by atoms with van der Waals surface area (Å²) in [6.07, 6.45) is -4.69. The molecule has 0 aliphatic heterocycles. The van der Waals surface area contributed by atoms with E-state index in [9.17, 15) is 28.1 Å². The third-order valence-electron chi connectivity index (χ3n) is 1.74. The van der Waals surface area contributed by atoms with Crippen molar-refractivity contribution in [1.29, 1.82) is 0 Å². The monoisotopic (exact) mass is 297 g/mol. The molecule has 8 heteroatoms. The molecule has 1 aromatic carbocycles. The summed E-state index contributed by atoms with van der Waals surface area (Å²) in [5, 5.41) is 10.4. The number of benzene rings is 1. The summed E-state index contributed by atoms with van der Waals surface area (Å²) in [5.74, 6) is 0. The van der Waals surface area contributed by atoms with Crippen molar-refractivity contribution in [1.82, 2.24) is 0 Å². The van der Waals surface area contributed by atoms with Gasteiger partial charge in [0.1, 0.15) is 5.56 Å². The zero-order chi connectivity index (χ0) is 12.5. The Kier molecular flexibility index (Phi) is 3.32. The quantitative estimate of drug-likeness (QED) is 0.478. The van der Waals surface area contributed by atoms with Crippen LogP contribution in [-0.4, -0.2) is 11.2 Å². The van der Waals surface area contributed by atoms with Gasteiger partial charge in [0.05, 0.1) is 4.92 Å². The van der Waals surface area contributed by atoms with Crippen LogP contribution in [0.5, 0.6) is 0 Å². The largest absolute Gasteiger partial charge is 0.423 e. The molecule has 0 saturated heterocycles. The first-order valence-corrected chi connectivity index (χ1v) is 4.57. The number of nitro groups is 1. The second-order valence-electron chi connectivity index (χ2n) is 2.76. The van der Waals surface area contributed by atoms with Gasteiger partial charge in [0.25, 0.3) is 5.69 Å². The van der Waals surface area contributed by atoms with Gasteiger partial charge >= 0.3 is 6.18 Å². The number of nitro benzene ring substituents is 1. The first-order valence-electron chi connectivity index (χ1n) is 3.77. The van der Waals surface area contributed by atoms with Crippen molar-refractivity contribution >= 4 is 27.9 Å². The molecular weight excluding hydrogens is 295 g/mol. The van der Waals surface area contributed by atoms with Crippen molar-refractivity contribution in [3.8, 4) is 0 Å². The van der Waals surface area contributed by atoms with E-state index in [1.165, 1.54) is 0 Å². The van der Waals surface area contributed by atoms with E-state index >= 15 is 0 Å². The van der Waals surface area contributed by atoms with E-state index in [0.717, 1.165) is 0 Å². The van der Waals surface area contributed by atoms with Crippen molar-refractivity contribution < 1.29 is 22.9 Å². The molecular formula is C8H3BrF3NO3. The minimum absolute atomic E-state index is 0.0535. The molecule has 86 valence electrons. The van der Waals surface area contributed by atoms with E-state index in [2.05, 4.69) is 15.9 Å². The number of nitrogens with zero attached hydrogens (tertiary/aromatic N) is 1. The average molecular weight is 298 g/mol. The molecule has 0 unspecified atom stereocenters. The molecule has 0 N–H and O–H groups in total. The molecule has 0 aliphatic carbocycles. The normalized spacial score (nSPS) is 11.2. The predicted molar refractivity (Wildman–Crippen MR) is 51.2 cm³/mol. The van der Waals surface area contributed by atoms with Gasteiger partial charge in [0.15, 0.2) is 6.29 Å². The van der Waals surface area contributed by atoms with Gasteiger partial charge in [0, 0.05) is 16.1 Å². The number of hydrogen-bond acceptors (Lipinski definition) is 3. The minimum atomic E-state index is -4.87. The number of rotatable bonds is 2. The van der Waals surface area contributed by atoms with Gasteiger partial charge in [-0.25, -0.2) is 0 Å². The Hall–Kier alpha value is -1.44. The van der Waals surface area contributed by atoms with Crippen LogP contribution in [0.4, 0.5) is 18.9 Å². The molecule has 0 saturated carbocycles. The Morgan fingerprint density at radius 2 is 1.94 bits per heavy atom. The Labute approximate surface area is 95.3 Å². The fourth-order valence-corrected chi connectivity index (χ4v) is 1.47. The number of aldehydes is 1. The van der Waals surface area contributed by atoms with Gasteiger partial charge in [-0.15, -0.1) is 0 Å². The second kappa shape index (κ2) is 4.20. The molecule has 1 rings (SSSR count). The smallest absolute Gasteiger partial charge is 0.298 e. The van der Waals surface area contributed by atoms with E-state index in [-0.39, 0.29) is 16.3 Å². The molecule has 0 radical (unpaired) electrons. The Morgan fingerprint density at radius 1 is 1.38 bits per heavy atom. The highest BCUT2D eigenvalue weighted by Gasteiger charge is 2.39. The third kappa shape index (κ3) is 2.38. The molecule has 0 spiro atoms. The van der Waals surface area contributed by atoms with Crippen LogP contribution in [0.25, 0.3) is 0 Å². The summed E-state index contributed by atoms with van der Waals surface area (Å²) in [5.41, 5.74) is -2.83. The zero-order valence-electron chi connectivity index (χ0n) is 7.42. The maximum atomic E-state index is 12.4. The van der Waals surface area contributed by atoms with E-state index in [4.69, 9.17) is 0 Å². The van der Waals surface area contributed by atoms with Crippen LogP contribution < -0.4 is 0 Å². The molecule has 0 aliphatic rings. The molecule has 0 atom stereocenters. The highest BCUT2D eigenvalue weighted by atomic mass is 79.9. The summed E-state index contributed by atoms with van der Waals surface area (Å²) in [6.45, 7) is 0. The second-order valence-corrected chi connectivity index (χ2v) is 3.62. The maximum Gasteiger partial charge on any atom is 0.423 e. The molecule has 16 heavy (non-hydrogen) atoms. The van der Waals surface area contributed by atoms with Gasteiger partial charge in [0.2, 0.25) is 0 Å². The Morgan fingerprint density at radius 3 is 2.31 bits per heavy atom. The van der Waals surface area contributed by atoms with Gasteiger partial charge in [-0.1, -0.05) is 0 Å². The van der Waals surface area contributed by atoms with Crippen LogP contribution in [0.2, 0.25) is 0 Å². The molecule has 0 amide bonds. The van der Waals surface area contributed by atoms with Crippen molar-refractivity contribution in [2.75, 3.05) is 0 Å². The SMILES string of the molecule is O=Cc1cc(C(F)(F)F)c([N+](=O)[O-])cc1Br. The number of carbonyl (C=O) groups excluding carboxylic acids is 1. The van der Waals surface area contributed by atoms with E-state index in [1.807, 2.05) is 0 Å². The summed E-state index contributed by atoms with van der Waals surface area (Å²) in [6, 6.07) is 1.10.